The van der Waals surface area contributed by atoms with E-state index < -0.39 is 10.8 Å². The Labute approximate surface area is 464 Å². The summed E-state index contributed by atoms with van der Waals surface area (Å²) in [5.74, 6) is 0. The Kier molecular flexibility index (Phi) is 8.83. The smallest absolute Gasteiger partial charge is 0.0755 e. The van der Waals surface area contributed by atoms with Crippen molar-refractivity contribution in [2.45, 2.75) is 10.8 Å². The summed E-state index contributed by atoms with van der Waals surface area (Å²) < 4.78 is 2.54. The normalized spacial score (nSPS) is 16.4. The van der Waals surface area contributed by atoms with Crippen LogP contribution in [0.4, 0.5) is 17.1 Å². The van der Waals surface area contributed by atoms with Crippen LogP contribution in [0.1, 0.15) is 44.5 Å². The molecule has 2 heteroatoms. The van der Waals surface area contributed by atoms with Crippen LogP contribution >= 0.6 is 0 Å². The molecule has 2 unspecified atom stereocenters. The topological polar surface area (TPSA) is 8.17 Å². The van der Waals surface area contributed by atoms with Gasteiger partial charge in [0.25, 0.3) is 0 Å². The van der Waals surface area contributed by atoms with Crippen molar-refractivity contribution in [1.82, 2.24) is 4.57 Å². The van der Waals surface area contributed by atoms with Crippen LogP contribution in [0.2, 0.25) is 0 Å². The highest BCUT2D eigenvalue weighted by Crippen LogP contribution is 2.65. The number of anilines is 3. The fraction of sp³-hybridized carbons (Fsp3) is 0.0256. The molecule has 13 aromatic carbocycles. The molecular weight excluding hydrogens is 965 g/mol. The molecule has 2 nitrogen and oxygen atoms in total. The van der Waals surface area contributed by atoms with Crippen molar-refractivity contribution >= 4 is 49.6 Å². The summed E-state index contributed by atoms with van der Waals surface area (Å²) in [7, 11) is 0. The Bertz CT molecular complexity index is 4950. The van der Waals surface area contributed by atoms with Gasteiger partial charge in [0.05, 0.1) is 27.6 Å². The maximum absolute atomic E-state index is 2.55. The van der Waals surface area contributed by atoms with Gasteiger partial charge in [-0.15, -0.1) is 0 Å². The monoisotopic (exact) mass is 1010 g/mol. The zero-order valence-electron chi connectivity index (χ0n) is 43.6. The second kappa shape index (κ2) is 16.1. The van der Waals surface area contributed by atoms with Gasteiger partial charge in [0.15, 0.2) is 0 Å². The molecule has 18 rings (SSSR count). The SMILES string of the molecule is c1ccc(-c2ccc(-c3ccc(N(c4ccc5c(c4)C4(c6ccccc6-5)c5ccccc5-c5c4ccc4ccccc54)c4ccc5c(c4)C4(c6ccccc6-5)c5ccccc5-n5c6ccccc6c6cccc4c65)cc3)cc2)cc1. The number of aromatic nitrogens is 1. The molecule has 0 N–H and O–H groups in total. The molecule has 4 aliphatic rings. The summed E-state index contributed by atoms with van der Waals surface area (Å²) in [6.45, 7) is 0. The second-order valence-corrected chi connectivity index (χ2v) is 22.2. The minimum Gasteiger partial charge on any atom is -0.310 e. The number of benzene rings is 13. The Morgan fingerprint density at radius 2 is 0.725 bits per heavy atom. The van der Waals surface area contributed by atoms with Gasteiger partial charge in [-0.2, -0.15) is 0 Å². The summed E-state index contributed by atoms with van der Waals surface area (Å²) in [4.78, 5) is 2.53. The van der Waals surface area contributed by atoms with Gasteiger partial charge in [-0.3, -0.25) is 0 Å². The van der Waals surface area contributed by atoms with Gasteiger partial charge in [0.2, 0.25) is 0 Å². The number of nitrogens with zero attached hydrogens (tertiary/aromatic N) is 2. The van der Waals surface area contributed by atoms with E-state index in [1.807, 2.05) is 0 Å². The molecule has 2 spiro atoms. The molecule has 2 atom stereocenters. The predicted octanol–water partition coefficient (Wildman–Crippen LogP) is 19.8. The Hall–Kier alpha value is -10.3. The molecule has 1 aliphatic heterocycles. The van der Waals surface area contributed by atoms with Crippen molar-refractivity contribution in [3.8, 4) is 61.3 Å². The van der Waals surface area contributed by atoms with Crippen LogP contribution < -0.4 is 4.90 Å². The molecular formula is C78H48N2. The molecule has 0 fully saturated rings. The van der Waals surface area contributed by atoms with Gasteiger partial charge < -0.3 is 9.47 Å². The van der Waals surface area contributed by atoms with Crippen LogP contribution in [0.15, 0.2) is 291 Å². The first-order chi connectivity index (χ1) is 39.7. The third-order valence-electron chi connectivity index (χ3n) is 18.6. The molecule has 0 bridgehead atoms. The Balaban J connectivity index is 0.888. The number of hydrogen-bond donors (Lipinski definition) is 0. The Morgan fingerprint density at radius 1 is 0.263 bits per heavy atom. The second-order valence-electron chi connectivity index (χ2n) is 22.2. The minimum atomic E-state index is -0.604. The molecule has 0 amide bonds. The molecule has 3 aliphatic carbocycles. The van der Waals surface area contributed by atoms with E-state index in [-0.39, 0.29) is 0 Å². The van der Waals surface area contributed by atoms with Gasteiger partial charge in [-0.25, -0.2) is 0 Å². The van der Waals surface area contributed by atoms with E-state index in [0.29, 0.717) is 0 Å². The molecule has 0 saturated carbocycles. The van der Waals surface area contributed by atoms with Gasteiger partial charge in [0, 0.05) is 27.8 Å². The van der Waals surface area contributed by atoms with Gasteiger partial charge >= 0.3 is 0 Å². The molecule has 0 radical (unpaired) electrons. The van der Waals surface area contributed by atoms with Crippen molar-refractivity contribution in [2.24, 2.45) is 0 Å². The lowest BCUT2D eigenvalue weighted by molar-refractivity contribution is 0.748. The summed E-state index contributed by atoms with van der Waals surface area (Å²) in [6, 6.07) is 110. The summed E-state index contributed by atoms with van der Waals surface area (Å²) in [5, 5.41) is 5.10. The minimum absolute atomic E-state index is 0.536. The zero-order valence-corrected chi connectivity index (χ0v) is 43.6. The van der Waals surface area contributed by atoms with Crippen LogP contribution in [0.5, 0.6) is 0 Å². The summed E-state index contributed by atoms with van der Waals surface area (Å²) in [6.07, 6.45) is 0. The third kappa shape index (κ3) is 5.57. The van der Waals surface area contributed by atoms with E-state index in [4.69, 9.17) is 0 Å². The lowest BCUT2D eigenvalue weighted by atomic mass is 9.65. The van der Waals surface area contributed by atoms with E-state index in [2.05, 4.69) is 301 Å². The first-order valence-corrected chi connectivity index (χ1v) is 28.0. The highest BCUT2D eigenvalue weighted by Gasteiger charge is 2.53. The standard InChI is InChI=1S/C78H48N2/c1-2-17-49(18-3-1)50-33-35-51(36-34-50)52-37-40-54(41-38-52)79(55-42-44-60-58-21-6-10-26-65(58)77(71(60)47-55)67-28-12-8-24-64(67)75-57-20-5-4-19-53(57)39-46-69(75)77)56-43-45-61-59-22-7-11-27-66(59)78(72(61)48-56)68-29-13-15-32-74(68)80-73-31-14-9-23-62(73)63-25-16-30-70(78)76(63)80/h1-48H. The van der Waals surface area contributed by atoms with Gasteiger partial charge in [-0.05, 0) is 159 Å². The fourth-order valence-electron chi connectivity index (χ4n) is 15.5. The first kappa shape index (κ1) is 43.8. The highest BCUT2D eigenvalue weighted by atomic mass is 15.1. The molecule has 0 saturated heterocycles. The maximum atomic E-state index is 2.55. The molecule has 370 valence electrons. The average Bonchev–Trinajstić information content (AvgIpc) is 3.61. The number of hydrogen-bond acceptors (Lipinski definition) is 1. The lowest BCUT2D eigenvalue weighted by Gasteiger charge is -2.40. The van der Waals surface area contributed by atoms with Gasteiger partial charge in [0.1, 0.15) is 0 Å². The van der Waals surface area contributed by atoms with E-state index in [0.717, 1.165) is 17.1 Å². The van der Waals surface area contributed by atoms with E-state index >= 15 is 0 Å². The van der Waals surface area contributed by atoms with Crippen LogP contribution in [-0.4, -0.2) is 4.57 Å². The molecule has 1 aromatic heterocycles. The predicted molar refractivity (Wildman–Crippen MR) is 331 cm³/mol. The van der Waals surface area contributed by atoms with Crippen molar-refractivity contribution in [3.05, 3.63) is 336 Å². The number of rotatable bonds is 5. The van der Waals surface area contributed by atoms with Gasteiger partial charge in [-0.1, -0.05) is 243 Å². The summed E-state index contributed by atoms with van der Waals surface area (Å²) >= 11 is 0. The number of fused-ring (bicyclic) bond motifs is 24. The van der Waals surface area contributed by atoms with Crippen molar-refractivity contribution in [1.29, 1.82) is 0 Å². The first-order valence-electron chi connectivity index (χ1n) is 28.0. The quantitative estimate of drug-likeness (QED) is 0.167. The lowest BCUT2D eigenvalue weighted by Crippen LogP contribution is -2.33. The van der Waals surface area contributed by atoms with Crippen molar-refractivity contribution in [2.75, 3.05) is 4.90 Å². The molecule has 2 heterocycles. The third-order valence-corrected chi connectivity index (χ3v) is 18.6. The largest absolute Gasteiger partial charge is 0.310 e. The van der Waals surface area contributed by atoms with Crippen LogP contribution in [0, 0.1) is 0 Å². The maximum Gasteiger partial charge on any atom is 0.0755 e. The van der Waals surface area contributed by atoms with Crippen LogP contribution in [0.3, 0.4) is 0 Å². The average molecular weight is 1010 g/mol. The fourth-order valence-corrected chi connectivity index (χ4v) is 15.5. The van der Waals surface area contributed by atoms with Crippen molar-refractivity contribution in [3.63, 3.8) is 0 Å². The molecule has 14 aromatic rings. The highest BCUT2D eigenvalue weighted by molar-refractivity contribution is 6.13. The van der Waals surface area contributed by atoms with E-state index in [1.165, 1.54) is 138 Å². The zero-order chi connectivity index (χ0) is 52.3. The summed E-state index contributed by atoms with van der Waals surface area (Å²) in [5.41, 5.74) is 29.0. The number of para-hydroxylation sites is 3. The Morgan fingerprint density at radius 3 is 1.40 bits per heavy atom. The van der Waals surface area contributed by atoms with Crippen LogP contribution in [0.25, 0.3) is 93.9 Å². The van der Waals surface area contributed by atoms with E-state index in [1.54, 1.807) is 0 Å². The van der Waals surface area contributed by atoms with E-state index in [9.17, 15) is 0 Å². The van der Waals surface area contributed by atoms with Crippen LogP contribution in [-0.2, 0) is 10.8 Å². The molecule has 80 heavy (non-hydrogen) atoms. The van der Waals surface area contributed by atoms with Crippen molar-refractivity contribution < 1.29 is 0 Å².